The van der Waals surface area contributed by atoms with E-state index in [1.807, 2.05) is 29.2 Å². The molecule has 0 saturated carbocycles. The summed E-state index contributed by atoms with van der Waals surface area (Å²) in [5.41, 5.74) is 1.15. The monoisotopic (exact) mass is 406 g/mol. The SMILES string of the molecule is O=C(C1CCN(c2nc(Cc3ccc(Cl)cc3)ns2)CC1)N1CCOCC1. The number of hydrogen-bond donors (Lipinski definition) is 0. The number of carbonyl (C=O) groups is 1. The van der Waals surface area contributed by atoms with Crippen LogP contribution in [0.4, 0.5) is 5.13 Å². The van der Waals surface area contributed by atoms with Crippen molar-refractivity contribution < 1.29 is 9.53 Å². The number of hydrogen-bond acceptors (Lipinski definition) is 6. The van der Waals surface area contributed by atoms with Crippen molar-refractivity contribution in [3.05, 3.63) is 40.7 Å². The maximum absolute atomic E-state index is 12.6. The summed E-state index contributed by atoms with van der Waals surface area (Å²) in [6.07, 6.45) is 2.46. The number of ether oxygens (including phenoxy) is 1. The standard InChI is InChI=1S/C19H23ClN4O2S/c20-16-3-1-14(2-4-16)13-17-21-19(27-22-17)24-7-5-15(6-8-24)18(25)23-9-11-26-12-10-23/h1-4,15H,5-13H2. The second-order valence-corrected chi connectivity index (χ2v) is 8.16. The first-order valence-corrected chi connectivity index (χ1v) is 10.5. The molecule has 2 aliphatic rings. The van der Waals surface area contributed by atoms with Crippen molar-refractivity contribution in [2.45, 2.75) is 19.3 Å². The fraction of sp³-hybridized carbons (Fsp3) is 0.526. The van der Waals surface area contributed by atoms with Gasteiger partial charge in [-0.05, 0) is 30.5 Å². The zero-order valence-electron chi connectivity index (χ0n) is 15.1. The van der Waals surface area contributed by atoms with Gasteiger partial charge in [0.05, 0.1) is 13.2 Å². The molecular weight excluding hydrogens is 384 g/mol. The first-order valence-electron chi connectivity index (χ1n) is 9.37. The van der Waals surface area contributed by atoms with E-state index in [1.165, 1.54) is 11.5 Å². The van der Waals surface area contributed by atoms with E-state index in [9.17, 15) is 4.79 Å². The maximum atomic E-state index is 12.6. The van der Waals surface area contributed by atoms with E-state index in [0.717, 1.165) is 60.6 Å². The average molecular weight is 407 g/mol. The van der Waals surface area contributed by atoms with Crippen LogP contribution in [0, 0.1) is 5.92 Å². The van der Waals surface area contributed by atoms with E-state index in [1.54, 1.807) is 0 Å². The van der Waals surface area contributed by atoms with Crippen LogP contribution in [0.25, 0.3) is 0 Å². The lowest BCUT2D eigenvalue weighted by Gasteiger charge is -2.35. The van der Waals surface area contributed by atoms with Crippen molar-refractivity contribution in [2.75, 3.05) is 44.3 Å². The van der Waals surface area contributed by atoms with Gasteiger partial charge in [-0.1, -0.05) is 23.7 Å². The minimum Gasteiger partial charge on any atom is -0.378 e. The first kappa shape index (κ1) is 18.7. The van der Waals surface area contributed by atoms with Crippen LogP contribution in [0.2, 0.25) is 5.02 Å². The van der Waals surface area contributed by atoms with Crippen LogP contribution in [-0.4, -0.2) is 59.6 Å². The van der Waals surface area contributed by atoms with E-state index < -0.39 is 0 Å². The Balaban J connectivity index is 1.31. The highest BCUT2D eigenvalue weighted by atomic mass is 35.5. The molecule has 144 valence electrons. The van der Waals surface area contributed by atoms with E-state index in [4.69, 9.17) is 21.3 Å². The van der Waals surface area contributed by atoms with Crippen LogP contribution in [0.3, 0.4) is 0 Å². The molecule has 6 nitrogen and oxygen atoms in total. The van der Waals surface area contributed by atoms with E-state index in [0.29, 0.717) is 25.5 Å². The molecule has 2 aliphatic heterocycles. The normalized spacial score (nSPS) is 18.7. The van der Waals surface area contributed by atoms with Gasteiger partial charge in [-0.25, -0.2) is 4.98 Å². The van der Waals surface area contributed by atoms with Crippen LogP contribution < -0.4 is 4.90 Å². The molecule has 1 aromatic heterocycles. The molecule has 1 aromatic carbocycles. The van der Waals surface area contributed by atoms with Gasteiger partial charge < -0.3 is 14.5 Å². The summed E-state index contributed by atoms with van der Waals surface area (Å²) < 4.78 is 9.84. The molecule has 8 heteroatoms. The van der Waals surface area contributed by atoms with Crippen molar-refractivity contribution in [2.24, 2.45) is 5.92 Å². The number of piperidine rings is 1. The third-order valence-corrected chi connectivity index (χ3v) is 6.24. The smallest absolute Gasteiger partial charge is 0.225 e. The van der Waals surface area contributed by atoms with Gasteiger partial charge in [0.2, 0.25) is 11.0 Å². The molecular formula is C19H23ClN4O2S. The quantitative estimate of drug-likeness (QED) is 0.781. The Morgan fingerprint density at radius 2 is 1.85 bits per heavy atom. The lowest BCUT2D eigenvalue weighted by Crippen LogP contribution is -2.46. The lowest BCUT2D eigenvalue weighted by atomic mass is 9.95. The van der Waals surface area contributed by atoms with Gasteiger partial charge >= 0.3 is 0 Å². The van der Waals surface area contributed by atoms with Crippen molar-refractivity contribution in [3.8, 4) is 0 Å². The highest BCUT2D eigenvalue weighted by Crippen LogP contribution is 2.26. The number of amides is 1. The molecule has 4 rings (SSSR count). The van der Waals surface area contributed by atoms with Gasteiger partial charge in [-0.3, -0.25) is 4.79 Å². The summed E-state index contributed by atoms with van der Waals surface area (Å²) >= 11 is 7.38. The summed E-state index contributed by atoms with van der Waals surface area (Å²) in [5.74, 6) is 1.25. The molecule has 27 heavy (non-hydrogen) atoms. The largest absolute Gasteiger partial charge is 0.378 e. The summed E-state index contributed by atoms with van der Waals surface area (Å²) in [4.78, 5) is 21.6. The van der Waals surface area contributed by atoms with Gasteiger partial charge in [-0.15, -0.1) is 0 Å². The molecule has 0 radical (unpaired) electrons. The number of rotatable bonds is 4. The summed E-state index contributed by atoms with van der Waals surface area (Å²) in [6.45, 7) is 4.48. The highest BCUT2D eigenvalue weighted by molar-refractivity contribution is 7.09. The van der Waals surface area contributed by atoms with Gasteiger partial charge in [0.1, 0.15) is 5.82 Å². The first-order chi connectivity index (χ1) is 13.2. The van der Waals surface area contributed by atoms with Crippen LogP contribution in [0.15, 0.2) is 24.3 Å². The molecule has 0 bridgehead atoms. The third kappa shape index (κ3) is 4.59. The molecule has 2 saturated heterocycles. The zero-order valence-corrected chi connectivity index (χ0v) is 16.7. The molecule has 0 unspecified atom stereocenters. The fourth-order valence-corrected chi connectivity index (χ4v) is 4.45. The van der Waals surface area contributed by atoms with Crippen molar-refractivity contribution in [1.82, 2.24) is 14.3 Å². The lowest BCUT2D eigenvalue weighted by molar-refractivity contribution is -0.140. The Bertz CT molecular complexity index is 768. The Hall–Kier alpha value is -1.70. The second kappa shape index (κ2) is 8.54. The van der Waals surface area contributed by atoms with Crippen molar-refractivity contribution >= 4 is 34.2 Å². The van der Waals surface area contributed by atoms with Crippen LogP contribution in [0.5, 0.6) is 0 Å². The van der Waals surface area contributed by atoms with E-state index >= 15 is 0 Å². The Morgan fingerprint density at radius 1 is 1.15 bits per heavy atom. The van der Waals surface area contributed by atoms with E-state index in [-0.39, 0.29) is 5.92 Å². The summed E-state index contributed by atoms with van der Waals surface area (Å²) in [6, 6.07) is 7.79. The Labute approximate surface area is 168 Å². The molecule has 3 heterocycles. The molecule has 0 aliphatic carbocycles. The van der Waals surface area contributed by atoms with Crippen LogP contribution in [-0.2, 0) is 16.0 Å². The van der Waals surface area contributed by atoms with Gasteiger partial charge in [0.15, 0.2) is 0 Å². The molecule has 0 spiro atoms. The average Bonchev–Trinajstić information content (AvgIpc) is 3.18. The molecule has 2 aromatic rings. The summed E-state index contributed by atoms with van der Waals surface area (Å²) in [7, 11) is 0. The minimum absolute atomic E-state index is 0.126. The number of benzene rings is 1. The zero-order chi connectivity index (χ0) is 18.6. The number of carbonyl (C=O) groups excluding carboxylic acids is 1. The Morgan fingerprint density at radius 3 is 2.56 bits per heavy atom. The van der Waals surface area contributed by atoms with Gasteiger partial charge in [0, 0.05) is 55.1 Å². The Kier molecular flexibility index (Phi) is 5.90. The third-order valence-electron chi connectivity index (χ3n) is 5.17. The number of nitrogens with zero attached hydrogens (tertiary/aromatic N) is 4. The molecule has 0 atom stereocenters. The molecule has 2 fully saturated rings. The second-order valence-electron chi connectivity index (χ2n) is 7.00. The van der Waals surface area contributed by atoms with Crippen LogP contribution in [0.1, 0.15) is 24.2 Å². The highest BCUT2D eigenvalue weighted by Gasteiger charge is 2.30. The molecule has 0 N–H and O–H groups in total. The number of anilines is 1. The van der Waals surface area contributed by atoms with Crippen LogP contribution >= 0.6 is 23.1 Å². The maximum Gasteiger partial charge on any atom is 0.225 e. The topological polar surface area (TPSA) is 58.6 Å². The predicted octanol–water partition coefficient (Wildman–Crippen LogP) is 2.86. The number of morpholine rings is 1. The predicted molar refractivity (Wildman–Crippen MR) is 107 cm³/mol. The fourth-order valence-electron chi connectivity index (χ4n) is 3.59. The van der Waals surface area contributed by atoms with Gasteiger partial charge in [0.25, 0.3) is 0 Å². The van der Waals surface area contributed by atoms with E-state index in [2.05, 4.69) is 9.27 Å². The number of aromatic nitrogens is 2. The van der Waals surface area contributed by atoms with Crippen molar-refractivity contribution in [3.63, 3.8) is 0 Å². The van der Waals surface area contributed by atoms with Gasteiger partial charge in [-0.2, -0.15) is 4.37 Å². The van der Waals surface area contributed by atoms with Crippen molar-refractivity contribution in [1.29, 1.82) is 0 Å². The summed E-state index contributed by atoms with van der Waals surface area (Å²) in [5, 5.41) is 1.69. The number of halogens is 1. The molecule has 1 amide bonds. The minimum atomic E-state index is 0.126.